The van der Waals surface area contributed by atoms with Crippen molar-refractivity contribution in [2.24, 2.45) is 17.8 Å². The summed E-state index contributed by atoms with van der Waals surface area (Å²) in [6, 6.07) is 8.24. The molecule has 0 bridgehead atoms. The molecule has 2 fully saturated rings. The number of fused-ring (bicyclic) bond motifs is 2. The van der Waals surface area contributed by atoms with Crippen molar-refractivity contribution in [2.75, 3.05) is 19.7 Å². The topological polar surface area (TPSA) is 90.4 Å². The molecule has 3 amide bonds. The van der Waals surface area contributed by atoms with Crippen LogP contribution in [0.5, 0.6) is 0 Å². The first-order valence-electron chi connectivity index (χ1n) is 13.6. The second-order valence-electron chi connectivity index (χ2n) is 12.2. The number of aliphatic hydroxyl groups is 1. The van der Waals surface area contributed by atoms with Crippen LogP contribution < -0.4 is 0 Å². The molecule has 5 rings (SSSR count). The molecule has 1 aromatic carbocycles. The van der Waals surface area contributed by atoms with E-state index in [1.807, 2.05) is 89.3 Å². The van der Waals surface area contributed by atoms with Crippen molar-refractivity contribution in [3.05, 3.63) is 60.2 Å². The van der Waals surface area contributed by atoms with E-state index in [0.717, 1.165) is 5.56 Å². The number of ether oxygens (including phenoxy) is 1. The first-order chi connectivity index (χ1) is 18.0. The zero-order valence-corrected chi connectivity index (χ0v) is 22.9. The van der Waals surface area contributed by atoms with Gasteiger partial charge in [0.25, 0.3) is 0 Å². The summed E-state index contributed by atoms with van der Waals surface area (Å²) in [5.74, 6) is -2.39. The van der Waals surface area contributed by atoms with E-state index in [0.29, 0.717) is 19.6 Å². The molecule has 2 saturated heterocycles. The lowest BCUT2D eigenvalue weighted by Gasteiger charge is -2.42. The van der Waals surface area contributed by atoms with Crippen molar-refractivity contribution in [2.45, 2.75) is 70.5 Å². The van der Waals surface area contributed by atoms with Gasteiger partial charge in [0.2, 0.25) is 17.7 Å². The van der Waals surface area contributed by atoms with Crippen molar-refractivity contribution in [3.63, 3.8) is 0 Å². The van der Waals surface area contributed by atoms with Gasteiger partial charge in [-0.2, -0.15) is 0 Å². The molecule has 1 N–H and O–H groups in total. The molecule has 0 saturated carbocycles. The van der Waals surface area contributed by atoms with Crippen LogP contribution in [-0.2, 0) is 25.7 Å². The molecule has 0 aromatic heterocycles. The van der Waals surface area contributed by atoms with Crippen LogP contribution >= 0.6 is 0 Å². The number of likely N-dealkylation sites (tertiary alicyclic amines) is 1. The van der Waals surface area contributed by atoms with Gasteiger partial charge in [-0.05, 0) is 32.3 Å². The highest BCUT2D eigenvalue weighted by molar-refractivity contribution is 6.00. The maximum absolute atomic E-state index is 14.4. The van der Waals surface area contributed by atoms with E-state index in [2.05, 4.69) is 0 Å². The lowest BCUT2D eigenvalue weighted by molar-refractivity contribution is -0.155. The minimum Gasteiger partial charge on any atom is -0.394 e. The van der Waals surface area contributed by atoms with Gasteiger partial charge in [0.1, 0.15) is 11.6 Å². The molecule has 0 radical (unpaired) electrons. The Labute approximate surface area is 224 Å². The standard InChI is InChI=1S/C30H39N3O5/c1-19(2)21(18-34)33-25-28(37)32(29(3,4)5)16-10-14-30(25)24(27(33)36)23-22(38-30)13-9-15-31(26(23)35)17-20-11-7-6-8-12-20/h6-14,19,21-25,34H,15-18H2,1-5H3/t21-,22+,23-,24-,25?,30-/m0/s1. The monoisotopic (exact) mass is 521 g/mol. The van der Waals surface area contributed by atoms with Gasteiger partial charge >= 0.3 is 0 Å². The van der Waals surface area contributed by atoms with Gasteiger partial charge in [-0.1, -0.05) is 68.5 Å². The van der Waals surface area contributed by atoms with E-state index < -0.39 is 41.2 Å². The van der Waals surface area contributed by atoms with Crippen LogP contribution in [-0.4, -0.2) is 86.6 Å². The van der Waals surface area contributed by atoms with Crippen LogP contribution in [0.15, 0.2) is 54.6 Å². The third-order valence-corrected chi connectivity index (χ3v) is 8.52. The molecular formula is C30H39N3O5. The quantitative estimate of drug-likeness (QED) is 0.601. The molecule has 1 aromatic rings. The van der Waals surface area contributed by atoms with Crippen molar-refractivity contribution >= 4 is 17.7 Å². The van der Waals surface area contributed by atoms with Crippen LogP contribution in [0.1, 0.15) is 40.2 Å². The number of carbonyl (C=O) groups excluding carboxylic acids is 3. The third-order valence-electron chi connectivity index (χ3n) is 8.52. The van der Waals surface area contributed by atoms with Gasteiger partial charge in [-0.3, -0.25) is 14.4 Å². The average molecular weight is 522 g/mol. The Balaban J connectivity index is 1.60. The van der Waals surface area contributed by atoms with Crippen molar-refractivity contribution in [1.82, 2.24) is 14.7 Å². The van der Waals surface area contributed by atoms with Gasteiger partial charge < -0.3 is 24.5 Å². The predicted molar refractivity (Wildman–Crippen MR) is 143 cm³/mol. The molecule has 6 atom stereocenters. The van der Waals surface area contributed by atoms with Crippen molar-refractivity contribution in [3.8, 4) is 0 Å². The number of hydrogen-bond acceptors (Lipinski definition) is 5. The molecule has 1 unspecified atom stereocenters. The zero-order valence-electron chi connectivity index (χ0n) is 22.9. The first kappa shape index (κ1) is 26.6. The van der Waals surface area contributed by atoms with Gasteiger partial charge in [0.15, 0.2) is 0 Å². The second-order valence-corrected chi connectivity index (χ2v) is 12.2. The Bertz CT molecular complexity index is 1160. The van der Waals surface area contributed by atoms with Gasteiger partial charge in [0.05, 0.1) is 30.6 Å². The minimum atomic E-state index is -1.29. The molecule has 8 nitrogen and oxygen atoms in total. The van der Waals surface area contributed by atoms with E-state index in [-0.39, 0.29) is 30.2 Å². The molecule has 4 aliphatic rings. The third kappa shape index (κ3) is 4.09. The second kappa shape index (κ2) is 9.65. The zero-order chi connectivity index (χ0) is 27.4. The summed E-state index contributed by atoms with van der Waals surface area (Å²) in [6.07, 6.45) is 6.95. The Morgan fingerprint density at radius 1 is 1.03 bits per heavy atom. The first-order valence-corrected chi connectivity index (χ1v) is 13.6. The lowest BCUT2D eigenvalue weighted by atomic mass is 9.77. The maximum atomic E-state index is 14.4. The summed E-state index contributed by atoms with van der Waals surface area (Å²) in [5, 5.41) is 10.4. The highest BCUT2D eigenvalue weighted by atomic mass is 16.5. The Morgan fingerprint density at radius 2 is 1.74 bits per heavy atom. The van der Waals surface area contributed by atoms with Crippen molar-refractivity contribution < 1.29 is 24.2 Å². The summed E-state index contributed by atoms with van der Waals surface area (Å²) in [6.45, 7) is 10.7. The van der Waals surface area contributed by atoms with Crippen LogP contribution in [0.4, 0.5) is 0 Å². The van der Waals surface area contributed by atoms with E-state index in [1.165, 1.54) is 0 Å². The molecule has 38 heavy (non-hydrogen) atoms. The highest BCUT2D eigenvalue weighted by Crippen LogP contribution is 2.54. The number of amides is 3. The smallest absolute Gasteiger partial charge is 0.249 e. The normalized spacial score (nSPS) is 31.9. The van der Waals surface area contributed by atoms with Crippen LogP contribution in [0.2, 0.25) is 0 Å². The van der Waals surface area contributed by atoms with E-state index in [1.54, 1.807) is 14.7 Å². The number of carbonyl (C=O) groups is 3. The molecule has 4 aliphatic heterocycles. The fourth-order valence-corrected chi connectivity index (χ4v) is 6.66. The van der Waals surface area contributed by atoms with Crippen LogP contribution in [0.3, 0.4) is 0 Å². The average Bonchev–Trinajstić information content (AvgIpc) is 3.17. The van der Waals surface area contributed by atoms with Gasteiger partial charge in [0, 0.05) is 25.2 Å². The van der Waals surface area contributed by atoms with E-state index in [4.69, 9.17) is 4.74 Å². The molecule has 0 aliphatic carbocycles. The summed E-state index contributed by atoms with van der Waals surface area (Å²) < 4.78 is 6.70. The Hall–Kier alpha value is -2.97. The summed E-state index contributed by atoms with van der Waals surface area (Å²) in [7, 11) is 0. The van der Waals surface area contributed by atoms with Crippen molar-refractivity contribution in [1.29, 1.82) is 0 Å². The Morgan fingerprint density at radius 3 is 2.37 bits per heavy atom. The number of rotatable bonds is 5. The SMILES string of the molecule is CC(C)[C@H](CO)N1C(=O)[C@@H]2[C@H]3C(=O)N(Cc4ccccc4)CC=C[C@H]3O[C@@]23C=CCN(C(C)(C)C)C(=O)C13. The van der Waals surface area contributed by atoms with Gasteiger partial charge in [-0.25, -0.2) is 0 Å². The summed E-state index contributed by atoms with van der Waals surface area (Å²) in [4.78, 5) is 47.9. The number of aliphatic hydroxyl groups excluding tert-OH is 1. The van der Waals surface area contributed by atoms with Crippen LogP contribution in [0, 0.1) is 17.8 Å². The largest absolute Gasteiger partial charge is 0.394 e. The number of benzene rings is 1. The van der Waals surface area contributed by atoms with Gasteiger partial charge in [-0.15, -0.1) is 0 Å². The van der Waals surface area contributed by atoms with E-state index in [9.17, 15) is 19.5 Å². The molecule has 204 valence electrons. The van der Waals surface area contributed by atoms with Crippen LogP contribution in [0.25, 0.3) is 0 Å². The number of nitrogens with zero attached hydrogens (tertiary/aromatic N) is 3. The minimum absolute atomic E-state index is 0.0990. The molecule has 4 heterocycles. The maximum Gasteiger partial charge on any atom is 0.249 e. The molecular weight excluding hydrogens is 482 g/mol. The molecule has 1 spiro atoms. The molecule has 8 heteroatoms. The lowest BCUT2D eigenvalue weighted by Crippen LogP contribution is -2.61. The fourth-order valence-electron chi connectivity index (χ4n) is 6.66. The highest BCUT2D eigenvalue weighted by Gasteiger charge is 2.72. The summed E-state index contributed by atoms with van der Waals surface area (Å²) >= 11 is 0. The number of hydrogen-bond donors (Lipinski definition) is 1. The Kier molecular flexibility index (Phi) is 6.76. The predicted octanol–water partition coefficient (Wildman–Crippen LogP) is 2.38. The van der Waals surface area contributed by atoms with E-state index >= 15 is 0 Å². The fraction of sp³-hybridized carbons (Fsp3) is 0.567. The summed E-state index contributed by atoms with van der Waals surface area (Å²) in [5.41, 5.74) is -0.775.